The topological polar surface area (TPSA) is 12.0 Å². The third-order valence-electron chi connectivity index (χ3n) is 3.47. The third-order valence-corrected chi connectivity index (χ3v) is 3.47. The van der Waals surface area contributed by atoms with Crippen molar-refractivity contribution in [3.8, 4) is 0 Å². The molecule has 0 radical (unpaired) electrons. The van der Waals surface area contributed by atoms with Gasteiger partial charge in [0, 0.05) is 6.04 Å². The minimum atomic E-state index is 0.378. The van der Waals surface area contributed by atoms with Gasteiger partial charge in [0.25, 0.3) is 0 Å². The van der Waals surface area contributed by atoms with Crippen LogP contribution >= 0.6 is 0 Å². The molecule has 0 fully saturated rings. The molecule has 1 aromatic carbocycles. The highest BCUT2D eigenvalue weighted by molar-refractivity contribution is 5.34. The Morgan fingerprint density at radius 1 is 1.29 bits per heavy atom. The molecule has 0 heterocycles. The molecule has 0 spiro atoms. The fraction of sp³-hybridized carbons (Fsp3) is 0.538. The van der Waals surface area contributed by atoms with Crippen molar-refractivity contribution in [2.24, 2.45) is 5.41 Å². The standard InChI is InChI=1S/C13H19N/c1-13(2)9-8-10-6-4-5-7-11(10)12(13)14-3/h4-7,12,14H,8-9H2,1-3H3. The molecular weight excluding hydrogens is 170 g/mol. The van der Waals surface area contributed by atoms with Crippen LogP contribution in [0.5, 0.6) is 0 Å². The summed E-state index contributed by atoms with van der Waals surface area (Å²) in [6.07, 6.45) is 2.50. The zero-order valence-electron chi connectivity index (χ0n) is 9.30. The van der Waals surface area contributed by atoms with Gasteiger partial charge >= 0.3 is 0 Å². The minimum absolute atomic E-state index is 0.378. The predicted molar refractivity (Wildman–Crippen MR) is 60.3 cm³/mol. The maximum absolute atomic E-state index is 3.45. The van der Waals surface area contributed by atoms with Crippen molar-refractivity contribution in [2.75, 3.05) is 7.05 Å². The normalized spacial score (nSPS) is 24.4. The molecule has 1 aromatic rings. The van der Waals surface area contributed by atoms with Crippen LogP contribution in [0.25, 0.3) is 0 Å². The first-order valence-electron chi connectivity index (χ1n) is 5.40. The summed E-state index contributed by atoms with van der Waals surface area (Å²) in [7, 11) is 2.06. The number of nitrogens with one attached hydrogen (secondary N) is 1. The van der Waals surface area contributed by atoms with Crippen LogP contribution in [0.3, 0.4) is 0 Å². The Morgan fingerprint density at radius 2 is 2.00 bits per heavy atom. The van der Waals surface area contributed by atoms with Crippen molar-refractivity contribution in [1.82, 2.24) is 5.32 Å². The van der Waals surface area contributed by atoms with Crippen LogP contribution in [-0.4, -0.2) is 7.05 Å². The second-order valence-electron chi connectivity index (χ2n) is 4.91. The van der Waals surface area contributed by atoms with E-state index in [2.05, 4.69) is 50.5 Å². The second-order valence-corrected chi connectivity index (χ2v) is 4.91. The van der Waals surface area contributed by atoms with Crippen LogP contribution in [0, 0.1) is 5.41 Å². The maximum Gasteiger partial charge on any atom is 0.0372 e. The Bertz CT molecular complexity index is 328. The molecule has 76 valence electrons. The van der Waals surface area contributed by atoms with Crippen LogP contribution in [0.4, 0.5) is 0 Å². The van der Waals surface area contributed by atoms with Gasteiger partial charge in [-0.1, -0.05) is 38.1 Å². The van der Waals surface area contributed by atoms with Crippen molar-refractivity contribution < 1.29 is 0 Å². The number of hydrogen-bond acceptors (Lipinski definition) is 1. The summed E-state index contributed by atoms with van der Waals surface area (Å²) in [6, 6.07) is 9.31. The van der Waals surface area contributed by atoms with Crippen molar-refractivity contribution in [1.29, 1.82) is 0 Å². The lowest BCUT2D eigenvalue weighted by Crippen LogP contribution is -2.36. The molecule has 2 rings (SSSR count). The van der Waals surface area contributed by atoms with E-state index in [0.717, 1.165) is 0 Å². The summed E-state index contributed by atoms with van der Waals surface area (Å²) in [5.41, 5.74) is 3.39. The first kappa shape index (κ1) is 9.72. The van der Waals surface area contributed by atoms with E-state index < -0.39 is 0 Å². The van der Waals surface area contributed by atoms with Crippen molar-refractivity contribution >= 4 is 0 Å². The van der Waals surface area contributed by atoms with Crippen molar-refractivity contribution in [3.63, 3.8) is 0 Å². The van der Waals surface area contributed by atoms with E-state index in [-0.39, 0.29) is 0 Å². The largest absolute Gasteiger partial charge is 0.313 e. The summed E-state index contributed by atoms with van der Waals surface area (Å²) < 4.78 is 0. The predicted octanol–water partition coefficient (Wildman–Crippen LogP) is 2.92. The summed E-state index contributed by atoms with van der Waals surface area (Å²) in [5, 5.41) is 3.45. The molecule has 0 bridgehead atoms. The average molecular weight is 189 g/mol. The highest BCUT2D eigenvalue weighted by Crippen LogP contribution is 2.42. The molecule has 1 aliphatic carbocycles. The molecular formula is C13H19N. The Labute approximate surface area is 86.5 Å². The van der Waals surface area contributed by atoms with Crippen LogP contribution in [-0.2, 0) is 6.42 Å². The number of benzene rings is 1. The van der Waals surface area contributed by atoms with Gasteiger partial charge in [-0.15, -0.1) is 0 Å². The SMILES string of the molecule is CNC1c2ccccc2CCC1(C)C. The van der Waals surface area contributed by atoms with E-state index in [1.807, 2.05) is 0 Å². The molecule has 0 aromatic heterocycles. The lowest BCUT2D eigenvalue weighted by atomic mass is 9.70. The van der Waals surface area contributed by atoms with Gasteiger partial charge in [-0.2, -0.15) is 0 Å². The Balaban J connectivity index is 2.45. The molecule has 0 aliphatic heterocycles. The van der Waals surface area contributed by atoms with Gasteiger partial charge in [0.05, 0.1) is 0 Å². The quantitative estimate of drug-likeness (QED) is 0.716. The van der Waals surface area contributed by atoms with Crippen LogP contribution in [0.2, 0.25) is 0 Å². The number of fused-ring (bicyclic) bond motifs is 1. The van der Waals surface area contributed by atoms with Gasteiger partial charge in [0.15, 0.2) is 0 Å². The van der Waals surface area contributed by atoms with Gasteiger partial charge in [-0.25, -0.2) is 0 Å². The molecule has 1 atom stereocenters. The molecule has 1 heteroatoms. The first-order chi connectivity index (χ1) is 6.65. The Morgan fingerprint density at radius 3 is 2.71 bits per heavy atom. The van der Waals surface area contributed by atoms with Gasteiger partial charge in [0.2, 0.25) is 0 Å². The number of hydrogen-bond donors (Lipinski definition) is 1. The molecule has 1 nitrogen and oxygen atoms in total. The molecule has 14 heavy (non-hydrogen) atoms. The van der Waals surface area contributed by atoms with Gasteiger partial charge < -0.3 is 5.32 Å². The van der Waals surface area contributed by atoms with E-state index >= 15 is 0 Å². The minimum Gasteiger partial charge on any atom is -0.313 e. The monoisotopic (exact) mass is 189 g/mol. The third kappa shape index (κ3) is 1.46. The van der Waals surface area contributed by atoms with Gasteiger partial charge in [-0.05, 0) is 36.4 Å². The summed E-state index contributed by atoms with van der Waals surface area (Å²) in [6.45, 7) is 4.70. The fourth-order valence-corrected chi connectivity index (χ4v) is 2.61. The lowest BCUT2D eigenvalue weighted by Gasteiger charge is -2.40. The first-order valence-corrected chi connectivity index (χ1v) is 5.40. The molecule has 1 unspecified atom stereocenters. The molecule has 0 amide bonds. The molecule has 1 N–H and O–H groups in total. The zero-order valence-corrected chi connectivity index (χ0v) is 9.30. The summed E-state index contributed by atoms with van der Waals surface area (Å²) in [4.78, 5) is 0. The smallest absolute Gasteiger partial charge is 0.0372 e. The van der Waals surface area contributed by atoms with E-state index in [1.54, 1.807) is 0 Å². The van der Waals surface area contributed by atoms with E-state index in [1.165, 1.54) is 24.0 Å². The van der Waals surface area contributed by atoms with Gasteiger partial charge in [-0.3, -0.25) is 0 Å². The van der Waals surface area contributed by atoms with E-state index in [0.29, 0.717) is 11.5 Å². The zero-order chi connectivity index (χ0) is 10.2. The van der Waals surface area contributed by atoms with Crippen LogP contribution in [0.1, 0.15) is 37.4 Å². The van der Waals surface area contributed by atoms with E-state index in [9.17, 15) is 0 Å². The Hall–Kier alpha value is -0.820. The fourth-order valence-electron chi connectivity index (χ4n) is 2.61. The summed E-state index contributed by atoms with van der Waals surface area (Å²) in [5.74, 6) is 0. The maximum atomic E-state index is 3.45. The highest BCUT2D eigenvalue weighted by atomic mass is 14.9. The molecule has 1 aliphatic rings. The second kappa shape index (κ2) is 3.39. The van der Waals surface area contributed by atoms with Crippen LogP contribution < -0.4 is 5.32 Å². The highest BCUT2D eigenvalue weighted by Gasteiger charge is 2.34. The lowest BCUT2D eigenvalue weighted by molar-refractivity contribution is 0.219. The molecule has 0 saturated carbocycles. The van der Waals surface area contributed by atoms with Crippen molar-refractivity contribution in [2.45, 2.75) is 32.7 Å². The molecule has 0 saturated heterocycles. The van der Waals surface area contributed by atoms with E-state index in [4.69, 9.17) is 0 Å². The average Bonchev–Trinajstić information content (AvgIpc) is 2.17. The van der Waals surface area contributed by atoms with Gasteiger partial charge in [0.1, 0.15) is 0 Å². The van der Waals surface area contributed by atoms with Crippen molar-refractivity contribution in [3.05, 3.63) is 35.4 Å². The van der Waals surface area contributed by atoms with Crippen LogP contribution in [0.15, 0.2) is 24.3 Å². The summed E-state index contributed by atoms with van der Waals surface area (Å²) >= 11 is 0. The Kier molecular flexibility index (Phi) is 2.36. The number of rotatable bonds is 1. The number of aryl methyl sites for hydroxylation is 1.